The Kier molecular flexibility index (Phi) is 5.87. The van der Waals surface area contributed by atoms with E-state index in [0.29, 0.717) is 6.42 Å². The third-order valence-electron chi connectivity index (χ3n) is 2.63. The van der Waals surface area contributed by atoms with E-state index in [1.54, 1.807) is 6.08 Å². The first-order valence-electron chi connectivity index (χ1n) is 5.85. The molecular formula is C13H18N2O3. The predicted molar refractivity (Wildman–Crippen MR) is 68.1 cm³/mol. The van der Waals surface area contributed by atoms with Gasteiger partial charge in [0, 0.05) is 12.8 Å². The molecule has 0 aromatic heterocycles. The molecular weight excluding hydrogens is 232 g/mol. The Morgan fingerprint density at radius 2 is 2.33 bits per heavy atom. The molecule has 3 N–H and O–H groups in total. The molecule has 1 aliphatic carbocycles. The third kappa shape index (κ3) is 4.97. The minimum atomic E-state index is -0.501. The van der Waals surface area contributed by atoms with Crippen LogP contribution in [0.2, 0.25) is 0 Å². The minimum absolute atomic E-state index is 0.0164. The van der Waals surface area contributed by atoms with Crippen LogP contribution in [0.4, 0.5) is 0 Å². The highest BCUT2D eigenvalue weighted by molar-refractivity contribution is 5.77. The van der Waals surface area contributed by atoms with Gasteiger partial charge in [0.15, 0.2) is 0 Å². The zero-order valence-corrected chi connectivity index (χ0v) is 10.2. The standard InChI is InChI=1S/C13H18N2O3/c1-2-10-6-8-11(9-7-10)15-12(16)4-3-5-13(17)18-14/h2,6-8,11H,1,3-5,9,14H2,(H,15,16). The number of hydrogen-bond donors (Lipinski definition) is 2. The first-order valence-corrected chi connectivity index (χ1v) is 5.85. The lowest BCUT2D eigenvalue weighted by Crippen LogP contribution is -2.33. The quantitative estimate of drug-likeness (QED) is 0.692. The number of hydrogen-bond acceptors (Lipinski definition) is 4. The summed E-state index contributed by atoms with van der Waals surface area (Å²) >= 11 is 0. The maximum atomic E-state index is 11.6. The van der Waals surface area contributed by atoms with E-state index < -0.39 is 5.97 Å². The van der Waals surface area contributed by atoms with E-state index in [1.807, 2.05) is 18.2 Å². The number of rotatable bonds is 6. The van der Waals surface area contributed by atoms with Crippen LogP contribution in [0.5, 0.6) is 0 Å². The van der Waals surface area contributed by atoms with Gasteiger partial charge in [0.25, 0.3) is 0 Å². The van der Waals surface area contributed by atoms with Crippen LogP contribution in [-0.4, -0.2) is 17.9 Å². The molecule has 5 heteroatoms. The lowest BCUT2D eigenvalue weighted by molar-refractivity contribution is -0.144. The maximum absolute atomic E-state index is 11.6. The number of amides is 1. The van der Waals surface area contributed by atoms with Crippen molar-refractivity contribution >= 4 is 11.9 Å². The molecule has 1 rings (SSSR count). The molecule has 0 aliphatic heterocycles. The summed E-state index contributed by atoms with van der Waals surface area (Å²) in [6.07, 6.45) is 9.29. The monoisotopic (exact) mass is 250 g/mol. The smallest absolute Gasteiger partial charge is 0.324 e. The summed E-state index contributed by atoms with van der Waals surface area (Å²) in [4.78, 5) is 26.3. The normalized spacial score (nSPS) is 17.8. The zero-order chi connectivity index (χ0) is 13.4. The van der Waals surface area contributed by atoms with Crippen molar-refractivity contribution < 1.29 is 14.4 Å². The second-order valence-electron chi connectivity index (χ2n) is 4.02. The average molecular weight is 250 g/mol. The second kappa shape index (κ2) is 7.45. The van der Waals surface area contributed by atoms with Crippen molar-refractivity contribution in [2.45, 2.75) is 31.7 Å². The van der Waals surface area contributed by atoms with Gasteiger partial charge in [-0.05, 0) is 18.4 Å². The summed E-state index contributed by atoms with van der Waals surface area (Å²) < 4.78 is 0. The van der Waals surface area contributed by atoms with Crippen molar-refractivity contribution in [2.75, 3.05) is 0 Å². The van der Waals surface area contributed by atoms with Crippen LogP contribution in [0.15, 0.2) is 36.5 Å². The summed E-state index contributed by atoms with van der Waals surface area (Å²) in [5.74, 6) is 4.11. The van der Waals surface area contributed by atoms with Gasteiger partial charge in [-0.25, -0.2) is 0 Å². The molecule has 0 heterocycles. The van der Waals surface area contributed by atoms with E-state index in [2.05, 4.69) is 16.7 Å². The summed E-state index contributed by atoms with van der Waals surface area (Å²) in [6.45, 7) is 3.67. The molecule has 0 radical (unpaired) electrons. The molecule has 0 bridgehead atoms. The van der Waals surface area contributed by atoms with Gasteiger partial charge in [-0.1, -0.05) is 30.9 Å². The van der Waals surface area contributed by atoms with Crippen LogP contribution >= 0.6 is 0 Å². The van der Waals surface area contributed by atoms with Crippen LogP contribution in [-0.2, 0) is 14.4 Å². The van der Waals surface area contributed by atoms with Crippen LogP contribution in [0.3, 0.4) is 0 Å². The Bertz CT molecular complexity index is 386. The van der Waals surface area contributed by atoms with Crippen LogP contribution in [0.1, 0.15) is 25.7 Å². The lowest BCUT2D eigenvalue weighted by atomic mass is 10.0. The molecule has 0 saturated carbocycles. The molecule has 0 saturated heterocycles. The fraction of sp³-hybridized carbons (Fsp3) is 0.385. The van der Waals surface area contributed by atoms with Crippen molar-refractivity contribution in [2.24, 2.45) is 5.90 Å². The van der Waals surface area contributed by atoms with E-state index in [-0.39, 0.29) is 24.8 Å². The summed E-state index contributed by atoms with van der Waals surface area (Å²) in [5.41, 5.74) is 1.06. The van der Waals surface area contributed by atoms with E-state index in [0.717, 1.165) is 12.0 Å². The number of carbonyl (C=O) groups is 2. The van der Waals surface area contributed by atoms with Crippen molar-refractivity contribution in [1.82, 2.24) is 5.32 Å². The molecule has 1 aliphatic rings. The Balaban J connectivity index is 2.22. The van der Waals surface area contributed by atoms with Gasteiger partial charge >= 0.3 is 5.97 Å². The molecule has 0 fully saturated rings. The Morgan fingerprint density at radius 3 is 2.89 bits per heavy atom. The fourth-order valence-corrected chi connectivity index (χ4v) is 1.63. The van der Waals surface area contributed by atoms with E-state index >= 15 is 0 Å². The van der Waals surface area contributed by atoms with Crippen LogP contribution in [0.25, 0.3) is 0 Å². The van der Waals surface area contributed by atoms with Crippen molar-refractivity contribution in [3.8, 4) is 0 Å². The van der Waals surface area contributed by atoms with Gasteiger partial charge in [-0.2, -0.15) is 5.90 Å². The lowest BCUT2D eigenvalue weighted by Gasteiger charge is -2.16. The number of nitrogens with two attached hydrogens (primary N) is 1. The summed E-state index contributed by atoms with van der Waals surface area (Å²) in [5, 5.41) is 2.87. The SMILES string of the molecule is C=CC1=CCC(NC(=O)CCCC(=O)ON)C=C1. The van der Waals surface area contributed by atoms with Crippen molar-refractivity contribution in [3.05, 3.63) is 36.5 Å². The highest BCUT2D eigenvalue weighted by Crippen LogP contribution is 2.11. The van der Waals surface area contributed by atoms with Gasteiger partial charge in [0.2, 0.25) is 5.91 Å². The molecule has 98 valence electrons. The molecule has 18 heavy (non-hydrogen) atoms. The first-order chi connectivity index (χ1) is 8.65. The topological polar surface area (TPSA) is 81.4 Å². The largest absolute Gasteiger partial charge is 0.373 e. The molecule has 5 nitrogen and oxygen atoms in total. The molecule has 1 atom stereocenters. The van der Waals surface area contributed by atoms with Crippen molar-refractivity contribution in [3.63, 3.8) is 0 Å². The molecule has 0 aromatic rings. The summed E-state index contributed by atoms with van der Waals surface area (Å²) in [7, 11) is 0. The summed E-state index contributed by atoms with van der Waals surface area (Å²) in [6, 6.07) is 0.0164. The van der Waals surface area contributed by atoms with Crippen LogP contribution in [0, 0.1) is 0 Å². The second-order valence-corrected chi connectivity index (χ2v) is 4.02. The van der Waals surface area contributed by atoms with E-state index in [9.17, 15) is 9.59 Å². The molecule has 0 spiro atoms. The fourth-order valence-electron chi connectivity index (χ4n) is 1.63. The number of nitrogens with one attached hydrogen (secondary N) is 1. The Labute approximate surface area is 106 Å². The van der Waals surface area contributed by atoms with E-state index in [4.69, 9.17) is 5.90 Å². The van der Waals surface area contributed by atoms with Gasteiger partial charge in [0.1, 0.15) is 0 Å². The minimum Gasteiger partial charge on any atom is -0.373 e. The highest BCUT2D eigenvalue weighted by Gasteiger charge is 2.11. The maximum Gasteiger partial charge on any atom is 0.324 e. The molecule has 0 aromatic carbocycles. The van der Waals surface area contributed by atoms with Gasteiger partial charge in [0.05, 0.1) is 6.04 Å². The Morgan fingerprint density at radius 1 is 1.56 bits per heavy atom. The number of carbonyl (C=O) groups excluding carboxylic acids is 2. The first kappa shape index (κ1) is 14.2. The van der Waals surface area contributed by atoms with Gasteiger partial charge in [-0.15, -0.1) is 0 Å². The number of allylic oxidation sites excluding steroid dienone is 3. The van der Waals surface area contributed by atoms with Crippen molar-refractivity contribution in [1.29, 1.82) is 0 Å². The highest BCUT2D eigenvalue weighted by atomic mass is 16.7. The zero-order valence-electron chi connectivity index (χ0n) is 10.2. The Hall–Kier alpha value is -1.88. The molecule has 1 amide bonds. The third-order valence-corrected chi connectivity index (χ3v) is 2.63. The van der Waals surface area contributed by atoms with Gasteiger partial charge in [-0.3, -0.25) is 9.59 Å². The van der Waals surface area contributed by atoms with Gasteiger partial charge < -0.3 is 10.2 Å². The predicted octanol–water partition coefficient (Wildman–Crippen LogP) is 1.13. The molecule has 1 unspecified atom stereocenters. The van der Waals surface area contributed by atoms with E-state index in [1.165, 1.54) is 0 Å². The van der Waals surface area contributed by atoms with Crippen LogP contribution < -0.4 is 11.2 Å². The average Bonchev–Trinajstić information content (AvgIpc) is 2.39.